The Morgan fingerprint density at radius 3 is 2.57 bits per heavy atom. The largest absolute Gasteiger partial charge is 0.508 e. The predicted octanol–water partition coefficient (Wildman–Crippen LogP) is 1.39. The Labute approximate surface area is 83.0 Å². The molecule has 2 rings (SSSR count). The van der Waals surface area contributed by atoms with Gasteiger partial charge in [-0.25, -0.2) is 0 Å². The molecule has 3 nitrogen and oxygen atoms in total. The van der Waals surface area contributed by atoms with Crippen LogP contribution < -0.4 is 0 Å². The molecule has 1 fully saturated rings. The number of hydrogen-bond donors (Lipinski definition) is 2. The fourth-order valence-corrected chi connectivity index (χ4v) is 1.76. The van der Waals surface area contributed by atoms with Crippen molar-refractivity contribution in [2.24, 2.45) is 0 Å². The van der Waals surface area contributed by atoms with Gasteiger partial charge in [-0.15, -0.1) is 0 Å². The summed E-state index contributed by atoms with van der Waals surface area (Å²) in [6.07, 6.45) is 0.772. The van der Waals surface area contributed by atoms with Gasteiger partial charge in [-0.05, 0) is 31.0 Å². The summed E-state index contributed by atoms with van der Waals surface area (Å²) < 4.78 is 5.53. The Morgan fingerprint density at radius 1 is 1.36 bits per heavy atom. The van der Waals surface area contributed by atoms with Crippen LogP contribution in [0.2, 0.25) is 0 Å². The third kappa shape index (κ3) is 1.49. The molecule has 1 heterocycles. The van der Waals surface area contributed by atoms with E-state index in [1.54, 1.807) is 12.1 Å². The number of phenolic OH excluding ortho intramolecular Hbond substituents is 1. The van der Waals surface area contributed by atoms with Gasteiger partial charge in [-0.1, -0.05) is 12.1 Å². The van der Waals surface area contributed by atoms with E-state index >= 15 is 0 Å². The Hall–Kier alpha value is -1.06. The van der Waals surface area contributed by atoms with Crippen molar-refractivity contribution in [3.63, 3.8) is 0 Å². The molecule has 0 radical (unpaired) electrons. The topological polar surface area (TPSA) is 53.0 Å². The van der Waals surface area contributed by atoms with Gasteiger partial charge >= 0.3 is 0 Å². The molecule has 1 saturated heterocycles. The molecule has 1 aliphatic heterocycles. The van der Waals surface area contributed by atoms with Gasteiger partial charge in [-0.3, -0.25) is 0 Å². The van der Waals surface area contributed by atoms with E-state index in [4.69, 9.17) is 14.9 Å². The minimum atomic E-state index is -0.267. The van der Waals surface area contributed by atoms with Gasteiger partial charge in [0.2, 0.25) is 0 Å². The van der Waals surface area contributed by atoms with Crippen LogP contribution in [-0.4, -0.2) is 22.9 Å². The highest BCUT2D eigenvalue weighted by Crippen LogP contribution is 2.47. The second kappa shape index (κ2) is 3.26. The highest BCUT2D eigenvalue weighted by Gasteiger charge is 2.52. The summed E-state index contributed by atoms with van der Waals surface area (Å²) >= 11 is 0. The first-order chi connectivity index (χ1) is 6.66. The first kappa shape index (κ1) is 9.49. The van der Waals surface area contributed by atoms with E-state index in [2.05, 4.69) is 0 Å². The van der Waals surface area contributed by atoms with Crippen LogP contribution in [0, 0.1) is 0 Å². The van der Waals surface area contributed by atoms with Crippen molar-refractivity contribution in [2.75, 3.05) is 6.61 Å². The lowest BCUT2D eigenvalue weighted by Gasteiger charge is -2.06. The molecule has 0 spiro atoms. The zero-order valence-electron chi connectivity index (χ0n) is 8.10. The van der Waals surface area contributed by atoms with Crippen molar-refractivity contribution in [3.05, 3.63) is 29.8 Å². The Kier molecular flexibility index (Phi) is 2.21. The summed E-state index contributed by atoms with van der Waals surface area (Å²) in [4.78, 5) is 0. The number of aliphatic hydroxyl groups excluding tert-OH is 1. The van der Waals surface area contributed by atoms with Crippen LogP contribution in [0.1, 0.15) is 18.9 Å². The number of phenols is 1. The molecule has 0 aliphatic carbocycles. The van der Waals surface area contributed by atoms with Crippen molar-refractivity contribution in [1.29, 1.82) is 0 Å². The van der Waals surface area contributed by atoms with Gasteiger partial charge in [0.1, 0.15) is 11.4 Å². The maximum atomic E-state index is 9.13. The van der Waals surface area contributed by atoms with E-state index < -0.39 is 0 Å². The molecule has 1 aliphatic rings. The van der Waals surface area contributed by atoms with E-state index in [9.17, 15) is 0 Å². The number of aliphatic hydroxyl groups is 1. The number of epoxide rings is 1. The molecular weight excluding hydrogens is 180 g/mol. The Balaban J connectivity index is 2.13. The molecule has 76 valence electrons. The van der Waals surface area contributed by atoms with E-state index in [0.29, 0.717) is 6.42 Å². The summed E-state index contributed by atoms with van der Waals surface area (Å²) in [6.45, 7) is 2.15. The molecule has 2 atom stereocenters. The lowest BCUT2D eigenvalue weighted by molar-refractivity contribution is 0.257. The minimum absolute atomic E-state index is 0.108. The monoisotopic (exact) mass is 194 g/mol. The second-order valence-electron chi connectivity index (χ2n) is 3.77. The number of hydrogen-bond acceptors (Lipinski definition) is 3. The van der Waals surface area contributed by atoms with E-state index in [1.807, 2.05) is 19.1 Å². The average Bonchev–Trinajstić information content (AvgIpc) is 2.80. The lowest BCUT2D eigenvalue weighted by atomic mass is 9.96. The molecule has 0 saturated carbocycles. The van der Waals surface area contributed by atoms with Crippen molar-refractivity contribution in [3.8, 4) is 5.75 Å². The number of aromatic hydroxyl groups is 1. The molecule has 2 unspecified atom stereocenters. The Bertz CT molecular complexity index is 320. The van der Waals surface area contributed by atoms with Crippen molar-refractivity contribution in [1.82, 2.24) is 0 Å². The molecule has 1 aromatic rings. The zero-order valence-corrected chi connectivity index (χ0v) is 8.10. The maximum Gasteiger partial charge on any atom is 0.117 e. The van der Waals surface area contributed by atoms with Gasteiger partial charge in [0.05, 0.1) is 6.10 Å². The first-order valence-electron chi connectivity index (χ1n) is 4.75. The summed E-state index contributed by atoms with van der Waals surface area (Å²) in [5.41, 5.74) is 0.782. The highest BCUT2D eigenvalue weighted by molar-refractivity contribution is 5.33. The molecule has 0 bridgehead atoms. The highest BCUT2D eigenvalue weighted by atomic mass is 16.6. The number of ether oxygens (including phenoxy) is 1. The van der Waals surface area contributed by atoms with Crippen LogP contribution in [0.25, 0.3) is 0 Å². The molecule has 3 heteroatoms. The van der Waals surface area contributed by atoms with Gasteiger partial charge in [0.25, 0.3) is 0 Å². The van der Waals surface area contributed by atoms with Crippen LogP contribution in [0.5, 0.6) is 5.75 Å². The van der Waals surface area contributed by atoms with E-state index in [1.165, 1.54) is 0 Å². The smallest absolute Gasteiger partial charge is 0.117 e. The summed E-state index contributed by atoms with van der Waals surface area (Å²) in [7, 11) is 0. The van der Waals surface area contributed by atoms with Crippen molar-refractivity contribution < 1.29 is 14.9 Å². The third-order valence-corrected chi connectivity index (χ3v) is 2.78. The van der Waals surface area contributed by atoms with E-state index in [0.717, 1.165) is 5.56 Å². The van der Waals surface area contributed by atoms with Crippen LogP contribution in [0.4, 0.5) is 0 Å². The fraction of sp³-hybridized carbons (Fsp3) is 0.455. The van der Waals surface area contributed by atoms with E-state index in [-0.39, 0.29) is 24.1 Å². The third-order valence-electron chi connectivity index (χ3n) is 2.78. The first-order valence-corrected chi connectivity index (χ1v) is 4.75. The number of rotatable bonds is 3. The number of benzene rings is 1. The second-order valence-corrected chi connectivity index (χ2v) is 3.77. The van der Waals surface area contributed by atoms with Crippen molar-refractivity contribution >= 4 is 0 Å². The van der Waals surface area contributed by atoms with Crippen LogP contribution in [0.15, 0.2) is 24.3 Å². The minimum Gasteiger partial charge on any atom is -0.508 e. The van der Waals surface area contributed by atoms with Crippen LogP contribution >= 0.6 is 0 Å². The lowest BCUT2D eigenvalue weighted by Crippen LogP contribution is -2.08. The van der Waals surface area contributed by atoms with Gasteiger partial charge in [0, 0.05) is 6.61 Å². The standard InChI is InChI=1S/C11H14O3/c1-11(10(14-11)6-7-12)8-2-4-9(13)5-3-8/h2-5,10,12-13H,6-7H2,1H3. The summed E-state index contributed by atoms with van der Waals surface area (Å²) in [5.74, 6) is 0.261. The fourth-order valence-electron chi connectivity index (χ4n) is 1.76. The summed E-state index contributed by atoms with van der Waals surface area (Å²) in [6, 6.07) is 7.01. The maximum absolute atomic E-state index is 9.13. The molecule has 2 N–H and O–H groups in total. The normalized spacial score (nSPS) is 30.3. The molecule has 0 amide bonds. The summed E-state index contributed by atoms with van der Waals surface area (Å²) in [5, 5.41) is 17.9. The van der Waals surface area contributed by atoms with Gasteiger partial charge in [0.15, 0.2) is 0 Å². The predicted molar refractivity (Wildman–Crippen MR) is 52.0 cm³/mol. The molecule has 1 aromatic carbocycles. The average molecular weight is 194 g/mol. The molecule has 0 aromatic heterocycles. The van der Waals surface area contributed by atoms with Crippen LogP contribution in [0.3, 0.4) is 0 Å². The van der Waals surface area contributed by atoms with Gasteiger partial charge < -0.3 is 14.9 Å². The molecule has 14 heavy (non-hydrogen) atoms. The Morgan fingerprint density at radius 2 is 2.00 bits per heavy atom. The zero-order chi connectivity index (χ0) is 10.2. The van der Waals surface area contributed by atoms with Crippen LogP contribution in [-0.2, 0) is 10.3 Å². The van der Waals surface area contributed by atoms with Gasteiger partial charge in [-0.2, -0.15) is 0 Å². The SMILES string of the molecule is CC1(c2ccc(O)cc2)OC1CCO. The van der Waals surface area contributed by atoms with Crippen molar-refractivity contribution in [2.45, 2.75) is 25.0 Å². The quantitative estimate of drug-likeness (QED) is 0.715. The molecular formula is C11H14O3.